The topological polar surface area (TPSA) is 49.8 Å². The second kappa shape index (κ2) is 5.01. The molecular formula is C11H11BrFNO3. The van der Waals surface area contributed by atoms with Gasteiger partial charge in [-0.05, 0) is 28.1 Å². The zero-order valence-corrected chi connectivity index (χ0v) is 10.5. The third-order valence-electron chi connectivity index (χ3n) is 2.64. The van der Waals surface area contributed by atoms with Gasteiger partial charge < -0.3 is 14.7 Å². The minimum Gasteiger partial charge on any atom is -0.478 e. The molecule has 0 aliphatic carbocycles. The molecule has 92 valence electrons. The molecule has 0 atom stereocenters. The lowest BCUT2D eigenvalue weighted by Gasteiger charge is -2.29. The van der Waals surface area contributed by atoms with Crippen molar-refractivity contribution in [1.82, 2.24) is 0 Å². The number of anilines is 1. The van der Waals surface area contributed by atoms with Crippen molar-refractivity contribution in [3.63, 3.8) is 0 Å². The minimum absolute atomic E-state index is 0.00556. The van der Waals surface area contributed by atoms with Crippen LogP contribution in [0.15, 0.2) is 16.6 Å². The Labute approximate surface area is 106 Å². The van der Waals surface area contributed by atoms with E-state index in [2.05, 4.69) is 15.9 Å². The maximum atomic E-state index is 14.0. The van der Waals surface area contributed by atoms with Crippen molar-refractivity contribution in [3.05, 3.63) is 28.0 Å². The van der Waals surface area contributed by atoms with Gasteiger partial charge in [0, 0.05) is 13.1 Å². The Hall–Kier alpha value is -1.14. The molecule has 0 radical (unpaired) electrons. The molecular weight excluding hydrogens is 293 g/mol. The number of rotatable bonds is 2. The monoisotopic (exact) mass is 303 g/mol. The number of carboxylic acids is 1. The van der Waals surface area contributed by atoms with Gasteiger partial charge in [0.1, 0.15) is 0 Å². The number of halogens is 2. The van der Waals surface area contributed by atoms with E-state index in [1.54, 1.807) is 0 Å². The Kier molecular flexibility index (Phi) is 3.63. The average Bonchev–Trinajstić information content (AvgIpc) is 2.33. The highest BCUT2D eigenvalue weighted by Crippen LogP contribution is 2.29. The first-order chi connectivity index (χ1) is 8.11. The number of ether oxygens (including phenoxy) is 1. The van der Waals surface area contributed by atoms with E-state index in [0.29, 0.717) is 32.0 Å². The normalized spacial score (nSPS) is 16.0. The van der Waals surface area contributed by atoms with Crippen LogP contribution in [0.3, 0.4) is 0 Å². The van der Waals surface area contributed by atoms with Gasteiger partial charge in [-0.3, -0.25) is 0 Å². The lowest BCUT2D eigenvalue weighted by Crippen LogP contribution is -2.36. The summed E-state index contributed by atoms with van der Waals surface area (Å²) in [6.45, 7) is 2.32. The Bertz CT molecular complexity index is 447. The van der Waals surface area contributed by atoms with Crippen LogP contribution >= 0.6 is 15.9 Å². The van der Waals surface area contributed by atoms with Gasteiger partial charge in [0.2, 0.25) is 0 Å². The predicted molar refractivity (Wildman–Crippen MR) is 64.1 cm³/mol. The second-order valence-electron chi connectivity index (χ2n) is 3.66. The zero-order valence-electron chi connectivity index (χ0n) is 8.95. The molecule has 1 aromatic rings. The summed E-state index contributed by atoms with van der Waals surface area (Å²) in [5.41, 5.74) is 0.338. The summed E-state index contributed by atoms with van der Waals surface area (Å²) in [6.07, 6.45) is 0. The fourth-order valence-corrected chi connectivity index (χ4v) is 2.26. The Morgan fingerprint density at radius 3 is 2.65 bits per heavy atom. The van der Waals surface area contributed by atoms with Crippen LogP contribution in [0, 0.1) is 5.82 Å². The van der Waals surface area contributed by atoms with Crippen LogP contribution in [0.4, 0.5) is 10.1 Å². The maximum Gasteiger partial charge on any atom is 0.336 e. The van der Waals surface area contributed by atoms with Gasteiger partial charge in [0.05, 0.1) is 28.9 Å². The van der Waals surface area contributed by atoms with Gasteiger partial charge >= 0.3 is 5.97 Å². The van der Waals surface area contributed by atoms with Gasteiger partial charge in [-0.15, -0.1) is 0 Å². The van der Waals surface area contributed by atoms with Crippen LogP contribution in [0.5, 0.6) is 0 Å². The fraction of sp³-hybridized carbons (Fsp3) is 0.364. The third-order valence-corrected chi connectivity index (χ3v) is 3.42. The van der Waals surface area contributed by atoms with Crippen molar-refractivity contribution >= 4 is 27.6 Å². The molecule has 6 heteroatoms. The molecule has 0 amide bonds. The van der Waals surface area contributed by atoms with Crippen LogP contribution < -0.4 is 4.90 Å². The summed E-state index contributed by atoms with van der Waals surface area (Å²) in [4.78, 5) is 12.7. The molecule has 0 unspecified atom stereocenters. The van der Waals surface area contributed by atoms with Gasteiger partial charge in [-0.2, -0.15) is 0 Å². The summed E-state index contributed by atoms with van der Waals surface area (Å²) < 4.78 is 19.2. The quantitative estimate of drug-likeness (QED) is 0.909. The maximum absolute atomic E-state index is 14.0. The highest BCUT2D eigenvalue weighted by molar-refractivity contribution is 9.10. The molecule has 17 heavy (non-hydrogen) atoms. The lowest BCUT2D eigenvalue weighted by molar-refractivity contribution is 0.0695. The first kappa shape index (κ1) is 12.3. The van der Waals surface area contributed by atoms with Crippen molar-refractivity contribution in [2.24, 2.45) is 0 Å². The van der Waals surface area contributed by atoms with E-state index in [0.717, 1.165) is 0 Å². The number of nitrogens with zero attached hydrogens (tertiary/aromatic N) is 1. The fourth-order valence-electron chi connectivity index (χ4n) is 1.75. The number of carboxylic acid groups (broad SMARTS) is 1. The number of aromatic carboxylic acids is 1. The summed E-state index contributed by atoms with van der Waals surface area (Å²) in [6, 6.07) is 2.90. The third kappa shape index (κ3) is 2.42. The van der Waals surface area contributed by atoms with Crippen LogP contribution in [-0.4, -0.2) is 37.4 Å². The van der Waals surface area contributed by atoms with Crippen molar-refractivity contribution < 1.29 is 19.0 Å². The van der Waals surface area contributed by atoms with Crippen LogP contribution in [-0.2, 0) is 4.74 Å². The highest BCUT2D eigenvalue weighted by Gasteiger charge is 2.20. The molecule has 1 heterocycles. The molecule has 0 saturated carbocycles. The number of benzene rings is 1. The largest absolute Gasteiger partial charge is 0.478 e. The van der Waals surface area contributed by atoms with Crippen LogP contribution in [0.1, 0.15) is 10.4 Å². The van der Waals surface area contributed by atoms with Crippen LogP contribution in [0.2, 0.25) is 0 Å². The standard InChI is InChI=1S/C11H11BrFNO3/c12-9-7(11(15)16)1-2-8(10(9)13)14-3-5-17-6-4-14/h1-2H,3-6H2,(H,15,16). The first-order valence-electron chi connectivity index (χ1n) is 5.15. The number of carbonyl (C=O) groups is 1. The summed E-state index contributed by atoms with van der Waals surface area (Å²) in [7, 11) is 0. The molecule has 1 fully saturated rings. The Morgan fingerprint density at radius 2 is 2.06 bits per heavy atom. The minimum atomic E-state index is -1.15. The zero-order chi connectivity index (χ0) is 12.4. The molecule has 2 rings (SSSR count). The van der Waals surface area contributed by atoms with Crippen LogP contribution in [0.25, 0.3) is 0 Å². The molecule has 0 bridgehead atoms. The van der Waals surface area contributed by atoms with Crippen molar-refractivity contribution in [2.45, 2.75) is 0 Å². The second-order valence-corrected chi connectivity index (χ2v) is 4.46. The summed E-state index contributed by atoms with van der Waals surface area (Å²) in [5, 5.41) is 8.86. The lowest BCUT2D eigenvalue weighted by atomic mass is 10.2. The number of morpholine rings is 1. The molecule has 1 aromatic carbocycles. The number of hydrogen-bond acceptors (Lipinski definition) is 3. The smallest absolute Gasteiger partial charge is 0.336 e. The Morgan fingerprint density at radius 1 is 1.41 bits per heavy atom. The van der Waals surface area contributed by atoms with Crippen molar-refractivity contribution in [1.29, 1.82) is 0 Å². The van der Waals surface area contributed by atoms with Gasteiger partial charge in [0.15, 0.2) is 5.82 Å². The number of hydrogen-bond donors (Lipinski definition) is 1. The van der Waals surface area contributed by atoms with E-state index in [1.165, 1.54) is 12.1 Å². The summed E-state index contributed by atoms with van der Waals surface area (Å²) in [5.74, 6) is -1.68. The molecule has 0 aromatic heterocycles. The van der Waals surface area contributed by atoms with E-state index in [1.807, 2.05) is 4.90 Å². The van der Waals surface area contributed by atoms with E-state index in [4.69, 9.17) is 9.84 Å². The average molecular weight is 304 g/mol. The molecule has 0 spiro atoms. The van der Waals surface area contributed by atoms with E-state index >= 15 is 0 Å². The summed E-state index contributed by atoms with van der Waals surface area (Å²) >= 11 is 2.98. The van der Waals surface area contributed by atoms with Gasteiger partial charge in [-0.25, -0.2) is 9.18 Å². The molecule has 1 N–H and O–H groups in total. The molecule has 1 saturated heterocycles. The predicted octanol–water partition coefficient (Wildman–Crippen LogP) is 2.12. The highest BCUT2D eigenvalue weighted by atomic mass is 79.9. The first-order valence-corrected chi connectivity index (χ1v) is 5.94. The molecule has 1 aliphatic heterocycles. The van der Waals surface area contributed by atoms with E-state index < -0.39 is 11.8 Å². The van der Waals surface area contributed by atoms with Crippen molar-refractivity contribution in [2.75, 3.05) is 31.2 Å². The van der Waals surface area contributed by atoms with E-state index in [9.17, 15) is 9.18 Å². The molecule has 1 aliphatic rings. The van der Waals surface area contributed by atoms with E-state index in [-0.39, 0.29) is 10.0 Å². The molecule has 4 nitrogen and oxygen atoms in total. The van der Waals surface area contributed by atoms with Gasteiger partial charge in [0.25, 0.3) is 0 Å². The Balaban J connectivity index is 2.36. The van der Waals surface area contributed by atoms with Crippen molar-refractivity contribution in [3.8, 4) is 0 Å². The SMILES string of the molecule is O=C(O)c1ccc(N2CCOCC2)c(F)c1Br. The van der Waals surface area contributed by atoms with Gasteiger partial charge in [-0.1, -0.05) is 0 Å².